The summed E-state index contributed by atoms with van der Waals surface area (Å²) < 4.78 is 5.03. The SMILES string of the molecule is Cl.NC1(S)c2cc(Cl)ccc2OC(=O)C1S. The van der Waals surface area contributed by atoms with Gasteiger partial charge in [-0.05, 0) is 18.2 Å². The van der Waals surface area contributed by atoms with Gasteiger partial charge in [-0.25, -0.2) is 0 Å². The van der Waals surface area contributed by atoms with Crippen LogP contribution in [-0.2, 0) is 9.67 Å². The summed E-state index contributed by atoms with van der Waals surface area (Å²) >= 11 is 14.2. The number of carbonyl (C=O) groups is 1. The number of hydrogen-bond acceptors (Lipinski definition) is 5. The van der Waals surface area contributed by atoms with E-state index in [0.29, 0.717) is 16.3 Å². The minimum Gasteiger partial charge on any atom is -0.425 e. The molecule has 0 radical (unpaired) electrons. The van der Waals surface area contributed by atoms with Crippen LogP contribution in [0.4, 0.5) is 0 Å². The summed E-state index contributed by atoms with van der Waals surface area (Å²) in [6.07, 6.45) is 0. The van der Waals surface area contributed by atoms with Gasteiger partial charge in [0, 0.05) is 10.6 Å². The van der Waals surface area contributed by atoms with Crippen molar-refractivity contribution in [1.82, 2.24) is 0 Å². The van der Waals surface area contributed by atoms with E-state index in [2.05, 4.69) is 25.3 Å². The maximum Gasteiger partial charge on any atom is 0.327 e. The fourth-order valence-corrected chi connectivity index (χ4v) is 2.04. The molecule has 0 aromatic heterocycles. The molecular weight excluding hydrogens is 289 g/mol. The van der Waals surface area contributed by atoms with Gasteiger partial charge in [0.1, 0.15) is 15.9 Å². The third kappa shape index (κ3) is 2.15. The molecule has 2 N–H and O–H groups in total. The molecule has 1 aromatic carbocycles. The van der Waals surface area contributed by atoms with Crippen LogP contribution in [0.3, 0.4) is 0 Å². The van der Waals surface area contributed by atoms with Crippen LogP contribution in [0, 0.1) is 0 Å². The Hall–Kier alpha value is -0.0700. The van der Waals surface area contributed by atoms with Crippen LogP contribution in [-0.4, -0.2) is 11.2 Å². The van der Waals surface area contributed by atoms with Gasteiger partial charge in [-0.15, -0.1) is 12.4 Å². The zero-order valence-electron chi connectivity index (χ0n) is 7.88. The van der Waals surface area contributed by atoms with Gasteiger partial charge in [0.15, 0.2) is 0 Å². The average molecular weight is 298 g/mol. The van der Waals surface area contributed by atoms with Gasteiger partial charge in [0.2, 0.25) is 0 Å². The molecule has 0 bridgehead atoms. The molecule has 2 atom stereocenters. The van der Waals surface area contributed by atoms with Crippen molar-refractivity contribution in [2.45, 2.75) is 10.1 Å². The number of esters is 1. The van der Waals surface area contributed by atoms with Gasteiger partial charge in [-0.2, -0.15) is 25.3 Å². The van der Waals surface area contributed by atoms with Crippen molar-refractivity contribution in [3.8, 4) is 5.75 Å². The molecule has 2 rings (SSSR count). The lowest BCUT2D eigenvalue weighted by Crippen LogP contribution is -2.49. The summed E-state index contributed by atoms with van der Waals surface area (Å²) in [7, 11) is 0. The molecule has 7 heteroatoms. The van der Waals surface area contributed by atoms with Gasteiger partial charge in [-0.3, -0.25) is 4.79 Å². The van der Waals surface area contributed by atoms with Crippen LogP contribution in [0.15, 0.2) is 18.2 Å². The van der Waals surface area contributed by atoms with Crippen LogP contribution in [0.25, 0.3) is 0 Å². The summed E-state index contributed by atoms with van der Waals surface area (Å²) in [6, 6.07) is 4.84. The van der Waals surface area contributed by atoms with E-state index in [1.165, 1.54) is 0 Å². The Bertz CT molecular complexity index is 440. The third-order valence-corrected chi connectivity index (χ3v) is 3.78. The van der Waals surface area contributed by atoms with Crippen LogP contribution >= 0.6 is 49.3 Å². The van der Waals surface area contributed by atoms with Crippen LogP contribution in [0.5, 0.6) is 5.75 Å². The fraction of sp³-hybridized carbons (Fsp3) is 0.222. The number of fused-ring (bicyclic) bond motifs is 1. The molecule has 0 spiro atoms. The Labute approximate surface area is 115 Å². The molecule has 0 aliphatic carbocycles. The quantitative estimate of drug-likeness (QED) is 0.297. The summed E-state index contributed by atoms with van der Waals surface area (Å²) in [4.78, 5) is 10.2. The number of nitrogens with two attached hydrogens (primary N) is 1. The maximum absolute atomic E-state index is 11.4. The number of thiol groups is 2. The Morgan fingerprint density at radius 1 is 1.50 bits per heavy atom. The monoisotopic (exact) mass is 297 g/mol. The molecular formula is C9H9Cl2NO2S2. The minimum atomic E-state index is -1.17. The first kappa shape index (κ1) is 14.0. The summed E-state index contributed by atoms with van der Waals surface area (Å²) in [5.41, 5.74) is 6.49. The second-order valence-corrected chi connectivity index (χ2v) is 4.98. The predicted molar refractivity (Wildman–Crippen MR) is 72.0 cm³/mol. The van der Waals surface area contributed by atoms with E-state index in [1.54, 1.807) is 18.2 Å². The molecule has 0 fully saturated rings. The van der Waals surface area contributed by atoms with Crippen molar-refractivity contribution in [3.05, 3.63) is 28.8 Å². The number of hydrogen-bond donors (Lipinski definition) is 3. The highest BCUT2D eigenvalue weighted by atomic mass is 35.5. The maximum atomic E-state index is 11.4. The molecule has 1 heterocycles. The van der Waals surface area contributed by atoms with Gasteiger partial charge < -0.3 is 10.5 Å². The molecule has 0 saturated carbocycles. The third-order valence-electron chi connectivity index (χ3n) is 2.22. The lowest BCUT2D eigenvalue weighted by atomic mass is 10.00. The van der Waals surface area contributed by atoms with E-state index in [-0.39, 0.29) is 12.4 Å². The molecule has 1 aromatic rings. The van der Waals surface area contributed by atoms with Gasteiger partial charge >= 0.3 is 5.97 Å². The van der Waals surface area contributed by atoms with Gasteiger partial charge in [0.05, 0.1) is 0 Å². The zero-order valence-corrected chi connectivity index (χ0v) is 11.2. The normalized spacial score (nSPS) is 27.8. The van der Waals surface area contributed by atoms with E-state index in [1.807, 2.05) is 0 Å². The number of halogens is 2. The predicted octanol–water partition coefficient (Wildman–Crippen LogP) is 2.02. The van der Waals surface area contributed by atoms with Crippen LogP contribution in [0.2, 0.25) is 5.02 Å². The van der Waals surface area contributed by atoms with Crippen molar-refractivity contribution in [3.63, 3.8) is 0 Å². The van der Waals surface area contributed by atoms with Crippen molar-refractivity contribution in [2.24, 2.45) is 5.73 Å². The summed E-state index contributed by atoms with van der Waals surface area (Å²) in [6.45, 7) is 0. The molecule has 16 heavy (non-hydrogen) atoms. The summed E-state index contributed by atoms with van der Waals surface area (Å²) in [5.74, 6) is -0.127. The van der Waals surface area contributed by atoms with E-state index >= 15 is 0 Å². The first-order chi connectivity index (χ1) is 6.93. The first-order valence-corrected chi connectivity index (χ1v) is 5.48. The van der Waals surface area contributed by atoms with Crippen LogP contribution < -0.4 is 10.5 Å². The molecule has 1 aliphatic rings. The first-order valence-electron chi connectivity index (χ1n) is 4.14. The smallest absolute Gasteiger partial charge is 0.327 e. The topological polar surface area (TPSA) is 52.3 Å². The Morgan fingerprint density at radius 2 is 2.12 bits per heavy atom. The number of ether oxygens (including phenoxy) is 1. The average Bonchev–Trinajstić information content (AvgIpc) is 2.17. The van der Waals surface area contributed by atoms with Crippen molar-refractivity contribution in [2.75, 3.05) is 0 Å². The minimum absolute atomic E-state index is 0. The van der Waals surface area contributed by atoms with Gasteiger partial charge in [-0.1, -0.05) is 11.6 Å². The van der Waals surface area contributed by atoms with E-state index in [4.69, 9.17) is 22.1 Å². The molecule has 0 saturated heterocycles. The molecule has 3 nitrogen and oxygen atoms in total. The molecule has 2 unspecified atom stereocenters. The molecule has 1 aliphatic heterocycles. The molecule has 88 valence electrons. The largest absolute Gasteiger partial charge is 0.425 e. The highest BCUT2D eigenvalue weighted by Gasteiger charge is 2.43. The Morgan fingerprint density at radius 3 is 2.75 bits per heavy atom. The Balaban J connectivity index is 0.00000128. The Kier molecular flexibility index (Phi) is 4.08. The second-order valence-electron chi connectivity index (χ2n) is 3.29. The van der Waals surface area contributed by atoms with E-state index in [9.17, 15) is 4.79 Å². The highest BCUT2D eigenvalue weighted by molar-refractivity contribution is 7.86. The van der Waals surface area contributed by atoms with Crippen molar-refractivity contribution >= 4 is 55.2 Å². The number of benzene rings is 1. The van der Waals surface area contributed by atoms with E-state index in [0.717, 1.165) is 0 Å². The van der Waals surface area contributed by atoms with Gasteiger partial charge in [0.25, 0.3) is 0 Å². The lowest BCUT2D eigenvalue weighted by molar-refractivity contribution is -0.135. The number of rotatable bonds is 0. The fourth-order valence-electron chi connectivity index (χ4n) is 1.40. The standard InChI is InChI=1S/C9H8ClNO2S2.ClH/c10-4-1-2-6-5(3-4)9(11,15)7(14)8(12)13-6;/h1-3,7,14-15H,11H2;1H. The molecule has 0 amide bonds. The summed E-state index contributed by atoms with van der Waals surface area (Å²) in [5, 5.41) is -0.303. The highest BCUT2D eigenvalue weighted by Crippen LogP contribution is 2.41. The lowest BCUT2D eigenvalue weighted by Gasteiger charge is -2.34. The van der Waals surface area contributed by atoms with Crippen molar-refractivity contribution < 1.29 is 9.53 Å². The second kappa shape index (κ2) is 4.66. The van der Waals surface area contributed by atoms with Crippen LogP contribution in [0.1, 0.15) is 5.56 Å². The van der Waals surface area contributed by atoms with Crippen molar-refractivity contribution in [1.29, 1.82) is 0 Å². The number of carbonyl (C=O) groups excluding carboxylic acids is 1. The van der Waals surface area contributed by atoms with E-state index < -0.39 is 16.1 Å². The zero-order chi connectivity index (χ0) is 11.2.